The molecule has 0 saturated carbocycles. The molecule has 1 aromatic rings. The minimum Gasteiger partial charge on any atom is -0.494 e. The van der Waals surface area contributed by atoms with Gasteiger partial charge in [-0.3, -0.25) is 5.32 Å². The lowest BCUT2D eigenvalue weighted by molar-refractivity contribution is 0.0890. The van der Waals surface area contributed by atoms with E-state index in [2.05, 4.69) is 21.2 Å². The summed E-state index contributed by atoms with van der Waals surface area (Å²) in [5.41, 5.74) is 0.608. The number of anilines is 1. The zero-order chi connectivity index (χ0) is 13.4. The Morgan fingerprint density at radius 1 is 1.44 bits per heavy atom. The Morgan fingerprint density at radius 2 is 2.11 bits per heavy atom. The molecule has 0 bridgehead atoms. The molecular formula is C12H16BrNO4. The number of hydrogen-bond acceptors (Lipinski definition) is 4. The molecule has 0 heterocycles. The summed E-state index contributed by atoms with van der Waals surface area (Å²) in [6, 6.07) is 6.94. The number of halogens is 1. The van der Waals surface area contributed by atoms with Crippen molar-refractivity contribution in [3.8, 4) is 5.75 Å². The van der Waals surface area contributed by atoms with Crippen molar-refractivity contribution < 1.29 is 19.4 Å². The van der Waals surface area contributed by atoms with E-state index in [0.717, 1.165) is 5.75 Å². The second kappa shape index (κ2) is 7.94. The Hall–Kier alpha value is -1.27. The molecule has 1 amide bonds. The standard InChI is InChI=1S/C12H16BrNO4/c1-2-17-11-5-3-9(4-6-11)14-12(16)18-8-10(15)7-13/h3-6,10,15H,2,7-8H2,1H3,(H,14,16). The van der Waals surface area contributed by atoms with Gasteiger partial charge in [-0.1, -0.05) is 15.9 Å². The fourth-order valence-electron chi connectivity index (χ4n) is 1.17. The number of rotatable bonds is 6. The van der Waals surface area contributed by atoms with Crippen LogP contribution in [0.4, 0.5) is 10.5 Å². The van der Waals surface area contributed by atoms with Gasteiger partial charge in [0, 0.05) is 11.0 Å². The first kappa shape index (κ1) is 14.8. The molecule has 0 saturated heterocycles. The van der Waals surface area contributed by atoms with Gasteiger partial charge in [-0.2, -0.15) is 0 Å². The summed E-state index contributed by atoms with van der Waals surface area (Å²) in [6.07, 6.45) is -1.30. The summed E-state index contributed by atoms with van der Waals surface area (Å²) < 4.78 is 10.1. The molecule has 2 N–H and O–H groups in total. The smallest absolute Gasteiger partial charge is 0.411 e. The number of amides is 1. The molecule has 0 radical (unpaired) electrons. The zero-order valence-electron chi connectivity index (χ0n) is 10.1. The van der Waals surface area contributed by atoms with Crippen molar-refractivity contribution in [2.45, 2.75) is 13.0 Å². The predicted molar refractivity (Wildman–Crippen MR) is 72.4 cm³/mol. The lowest BCUT2D eigenvalue weighted by Crippen LogP contribution is -2.22. The summed E-state index contributed by atoms with van der Waals surface area (Å²) >= 11 is 3.08. The van der Waals surface area contributed by atoms with Crippen molar-refractivity contribution in [2.75, 3.05) is 23.9 Å². The first-order valence-electron chi connectivity index (χ1n) is 5.56. The van der Waals surface area contributed by atoms with Crippen LogP contribution < -0.4 is 10.1 Å². The van der Waals surface area contributed by atoms with Crippen LogP contribution >= 0.6 is 15.9 Å². The number of aliphatic hydroxyl groups is 1. The third kappa shape index (κ3) is 5.37. The molecule has 18 heavy (non-hydrogen) atoms. The Balaban J connectivity index is 2.39. The summed E-state index contributed by atoms with van der Waals surface area (Å²) in [7, 11) is 0. The van der Waals surface area contributed by atoms with Gasteiger partial charge < -0.3 is 14.6 Å². The largest absolute Gasteiger partial charge is 0.494 e. The van der Waals surface area contributed by atoms with Crippen LogP contribution in [-0.4, -0.2) is 35.8 Å². The van der Waals surface area contributed by atoms with Crippen LogP contribution in [0.25, 0.3) is 0 Å². The topological polar surface area (TPSA) is 67.8 Å². The van der Waals surface area contributed by atoms with E-state index in [9.17, 15) is 9.90 Å². The number of carbonyl (C=O) groups is 1. The summed E-state index contributed by atoms with van der Waals surface area (Å²) in [4.78, 5) is 11.4. The predicted octanol–water partition coefficient (Wildman–Crippen LogP) is 2.39. The quantitative estimate of drug-likeness (QED) is 0.790. The molecule has 0 fully saturated rings. The maximum Gasteiger partial charge on any atom is 0.411 e. The molecule has 5 nitrogen and oxygen atoms in total. The summed E-state index contributed by atoms with van der Waals surface area (Å²) in [6.45, 7) is 2.45. The number of benzene rings is 1. The Morgan fingerprint density at radius 3 is 2.67 bits per heavy atom. The van der Waals surface area contributed by atoms with E-state index in [4.69, 9.17) is 9.47 Å². The van der Waals surface area contributed by atoms with Gasteiger partial charge in [0.15, 0.2) is 0 Å². The summed E-state index contributed by atoms with van der Waals surface area (Å²) in [5, 5.41) is 12.1. The van der Waals surface area contributed by atoms with Crippen molar-refractivity contribution in [3.63, 3.8) is 0 Å². The molecule has 1 aromatic carbocycles. The minimum absolute atomic E-state index is 0.0475. The van der Waals surface area contributed by atoms with Crippen molar-refractivity contribution in [1.29, 1.82) is 0 Å². The lowest BCUT2D eigenvalue weighted by atomic mass is 10.3. The van der Waals surface area contributed by atoms with Crippen LogP contribution in [0.3, 0.4) is 0 Å². The molecule has 0 spiro atoms. The highest BCUT2D eigenvalue weighted by Gasteiger charge is 2.07. The van der Waals surface area contributed by atoms with Crippen LogP contribution in [0.15, 0.2) is 24.3 Å². The average molecular weight is 318 g/mol. The first-order valence-corrected chi connectivity index (χ1v) is 6.68. The number of ether oxygens (including phenoxy) is 2. The monoisotopic (exact) mass is 317 g/mol. The van der Waals surface area contributed by atoms with Crippen LogP contribution in [0.1, 0.15) is 6.92 Å². The molecular weight excluding hydrogens is 302 g/mol. The molecule has 1 unspecified atom stereocenters. The second-order valence-electron chi connectivity index (χ2n) is 3.49. The Bertz CT molecular complexity index is 369. The van der Waals surface area contributed by atoms with Gasteiger partial charge in [0.05, 0.1) is 12.7 Å². The number of nitrogens with one attached hydrogen (secondary N) is 1. The minimum atomic E-state index is -0.698. The van der Waals surface area contributed by atoms with Crippen molar-refractivity contribution >= 4 is 27.7 Å². The van der Waals surface area contributed by atoms with Gasteiger partial charge in [-0.15, -0.1) is 0 Å². The molecule has 1 rings (SSSR count). The lowest BCUT2D eigenvalue weighted by Gasteiger charge is -2.10. The van der Waals surface area contributed by atoms with E-state index in [1.165, 1.54) is 0 Å². The number of alkyl halides is 1. The van der Waals surface area contributed by atoms with Gasteiger partial charge in [-0.25, -0.2) is 4.79 Å². The van der Waals surface area contributed by atoms with Gasteiger partial charge in [0.2, 0.25) is 0 Å². The Kier molecular flexibility index (Phi) is 6.53. The average Bonchev–Trinajstić information content (AvgIpc) is 2.38. The molecule has 6 heteroatoms. The van der Waals surface area contributed by atoms with Crippen molar-refractivity contribution in [1.82, 2.24) is 0 Å². The molecule has 0 aromatic heterocycles. The highest BCUT2D eigenvalue weighted by Crippen LogP contribution is 2.15. The van der Waals surface area contributed by atoms with E-state index < -0.39 is 12.2 Å². The van der Waals surface area contributed by atoms with Crippen LogP contribution in [0.2, 0.25) is 0 Å². The number of carbonyl (C=O) groups excluding carboxylic acids is 1. The maximum absolute atomic E-state index is 11.4. The van der Waals surface area contributed by atoms with Crippen molar-refractivity contribution in [2.24, 2.45) is 0 Å². The number of aliphatic hydroxyl groups excluding tert-OH is 1. The SMILES string of the molecule is CCOc1ccc(NC(=O)OCC(O)CBr)cc1. The van der Waals surface area contributed by atoms with E-state index >= 15 is 0 Å². The van der Waals surface area contributed by atoms with Crippen molar-refractivity contribution in [3.05, 3.63) is 24.3 Å². The van der Waals surface area contributed by atoms with Gasteiger partial charge >= 0.3 is 6.09 Å². The normalized spacial score (nSPS) is 11.7. The fourth-order valence-corrected chi connectivity index (χ4v) is 1.36. The Labute approximate surface area is 114 Å². The first-order chi connectivity index (χ1) is 8.65. The molecule has 0 aliphatic heterocycles. The van der Waals surface area contributed by atoms with Crippen LogP contribution in [0, 0.1) is 0 Å². The highest BCUT2D eigenvalue weighted by molar-refractivity contribution is 9.09. The van der Waals surface area contributed by atoms with Crippen LogP contribution in [-0.2, 0) is 4.74 Å². The number of hydrogen-bond donors (Lipinski definition) is 2. The van der Waals surface area contributed by atoms with E-state index in [1.54, 1.807) is 24.3 Å². The zero-order valence-corrected chi connectivity index (χ0v) is 11.6. The fraction of sp³-hybridized carbons (Fsp3) is 0.417. The highest BCUT2D eigenvalue weighted by atomic mass is 79.9. The van der Waals surface area contributed by atoms with Gasteiger partial charge in [0.25, 0.3) is 0 Å². The molecule has 100 valence electrons. The van der Waals surface area contributed by atoms with Gasteiger partial charge in [0.1, 0.15) is 12.4 Å². The molecule has 1 atom stereocenters. The van der Waals surface area contributed by atoms with E-state index in [-0.39, 0.29) is 6.61 Å². The van der Waals surface area contributed by atoms with Gasteiger partial charge in [-0.05, 0) is 31.2 Å². The maximum atomic E-state index is 11.4. The molecule has 0 aliphatic rings. The second-order valence-corrected chi connectivity index (χ2v) is 4.14. The molecule has 0 aliphatic carbocycles. The van der Waals surface area contributed by atoms with E-state index in [0.29, 0.717) is 17.6 Å². The summed E-state index contributed by atoms with van der Waals surface area (Å²) in [5.74, 6) is 0.742. The third-order valence-corrected chi connectivity index (χ3v) is 2.74. The third-order valence-electron chi connectivity index (χ3n) is 2.00. The van der Waals surface area contributed by atoms with Crippen LogP contribution in [0.5, 0.6) is 5.75 Å². The van der Waals surface area contributed by atoms with E-state index in [1.807, 2.05) is 6.92 Å².